The summed E-state index contributed by atoms with van der Waals surface area (Å²) in [6.07, 6.45) is 9.91. The Balaban J connectivity index is 1.66. The van der Waals surface area contributed by atoms with Crippen LogP contribution in [0.5, 0.6) is 0 Å². The van der Waals surface area contributed by atoms with Gasteiger partial charge in [0.05, 0.1) is 19.0 Å². The van der Waals surface area contributed by atoms with Gasteiger partial charge in [-0.25, -0.2) is 8.42 Å². The van der Waals surface area contributed by atoms with Gasteiger partial charge in [-0.15, -0.1) is 0 Å². The van der Waals surface area contributed by atoms with Crippen LogP contribution in [0.15, 0.2) is 0 Å². The molecule has 1 saturated carbocycles. The second-order valence-corrected chi connectivity index (χ2v) is 9.41. The molecule has 0 radical (unpaired) electrons. The molecule has 0 aromatic carbocycles. The number of amides is 1. The topological polar surface area (TPSA) is 66.9 Å². The highest BCUT2D eigenvalue weighted by atomic mass is 32.2. The van der Waals surface area contributed by atoms with Crippen LogP contribution in [0.1, 0.15) is 51.4 Å². The van der Waals surface area contributed by atoms with Crippen LogP contribution in [0.25, 0.3) is 0 Å². The van der Waals surface area contributed by atoms with Gasteiger partial charge >= 0.3 is 0 Å². The van der Waals surface area contributed by atoms with Gasteiger partial charge in [-0.2, -0.15) is 4.31 Å². The fourth-order valence-electron chi connectivity index (χ4n) is 4.43. The largest absolute Gasteiger partial charge is 0.374 e. The zero-order chi connectivity index (χ0) is 17.2. The molecule has 0 bridgehead atoms. The Bertz CT molecular complexity index is 545. The van der Waals surface area contributed by atoms with Crippen molar-refractivity contribution in [2.75, 3.05) is 32.5 Å². The molecular formula is C17H30N2O4S. The first kappa shape index (κ1) is 18.1. The molecule has 0 aromatic heterocycles. The molecule has 1 aliphatic carbocycles. The summed E-state index contributed by atoms with van der Waals surface area (Å²) in [4.78, 5) is 14.9. The Labute approximate surface area is 145 Å². The standard InChI is InChI=1S/C17H30N2O4S/c1-24(21,22)19-10-6-5-9-15(19)17(20)18-11-12-23-16(13-18)14-7-3-2-4-8-14/h14-16H,2-13H2,1H3. The Morgan fingerprint density at radius 3 is 2.42 bits per heavy atom. The summed E-state index contributed by atoms with van der Waals surface area (Å²) in [6.45, 7) is 2.23. The molecule has 1 amide bonds. The number of carbonyl (C=O) groups excluding carboxylic acids is 1. The Hall–Kier alpha value is -0.660. The van der Waals surface area contributed by atoms with Crippen molar-refractivity contribution in [3.63, 3.8) is 0 Å². The summed E-state index contributed by atoms with van der Waals surface area (Å²) >= 11 is 0. The van der Waals surface area contributed by atoms with E-state index in [0.717, 1.165) is 12.8 Å². The van der Waals surface area contributed by atoms with E-state index in [1.807, 2.05) is 4.90 Å². The molecule has 0 aromatic rings. The molecule has 2 saturated heterocycles. The van der Waals surface area contributed by atoms with Crippen LogP contribution in [0, 0.1) is 5.92 Å². The molecular weight excluding hydrogens is 328 g/mol. The minimum absolute atomic E-state index is 0.0239. The number of hydrogen-bond acceptors (Lipinski definition) is 4. The van der Waals surface area contributed by atoms with Gasteiger partial charge in [0.25, 0.3) is 0 Å². The maximum Gasteiger partial charge on any atom is 0.241 e. The third-order valence-corrected chi connectivity index (χ3v) is 7.03. The quantitative estimate of drug-likeness (QED) is 0.769. The highest BCUT2D eigenvalue weighted by molar-refractivity contribution is 7.88. The lowest BCUT2D eigenvalue weighted by molar-refractivity contribution is -0.146. The summed E-state index contributed by atoms with van der Waals surface area (Å²) in [5.74, 6) is 0.524. The smallest absolute Gasteiger partial charge is 0.241 e. The van der Waals surface area contributed by atoms with E-state index in [2.05, 4.69) is 0 Å². The first-order valence-electron chi connectivity index (χ1n) is 9.34. The Kier molecular flexibility index (Phi) is 5.82. The molecule has 6 nitrogen and oxygen atoms in total. The fourth-order valence-corrected chi connectivity index (χ4v) is 5.54. The van der Waals surface area contributed by atoms with Crippen LogP contribution in [-0.4, -0.2) is 68.2 Å². The molecule has 3 fully saturated rings. The van der Waals surface area contributed by atoms with Crippen molar-refractivity contribution in [2.45, 2.75) is 63.5 Å². The molecule has 2 atom stereocenters. The minimum Gasteiger partial charge on any atom is -0.374 e. The average Bonchev–Trinajstić information content (AvgIpc) is 2.61. The highest BCUT2D eigenvalue weighted by Crippen LogP contribution is 2.30. The van der Waals surface area contributed by atoms with Gasteiger partial charge in [-0.1, -0.05) is 25.7 Å². The van der Waals surface area contributed by atoms with Crippen LogP contribution in [0.4, 0.5) is 0 Å². The number of carbonyl (C=O) groups is 1. The SMILES string of the molecule is CS(=O)(=O)N1CCCCC1C(=O)N1CCOC(C2CCCCC2)C1. The van der Waals surface area contributed by atoms with Crippen molar-refractivity contribution >= 4 is 15.9 Å². The number of rotatable bonds is 3. The summed E-state index contributed by atoms with van der Waals surface area (Å²) in [5, 5.41) is 0. The molecule has 2 heterocycles. The predicted octanol–water partition coefficient (Wildman–Crippen LogP) is 1.61. The predicted molar refractivity (Wildman–Crippen MR) is 92.1 cm³/mol. The van der Waals surface area contributed by atoms with Crippen LogP contribution in [0.2, 0.25) is 0 Å². The van der Waals surface area contributed by atoms with Gasteiger partial charge in [-0.05, 0) is 31.6 Å². The van der Waals surface area contributed by atoms with E-state index in [1.165, 1.54) is 42.7 Å². The van der Waals surface area contributed by atoms with E-state index in [1.54, 1.807) is 0 Å². The second-order valence-electron chi connectivity index (χ2n) is 7.48. The number of sulfonamides is 1. The zero-order valence-corrected chi connectivity index (χ0v) is 15.5. The summed E-state index contributed by atoms with van der Waals surface area (Å²) in [5.41, 5.74) is 0. The lowest BCUT2D eigenvalue weighted by Crippen LogP contribution is -2.57. The van der Waals surface area contributed by atoms with E-state index in [0.29, 0.717) is 38.6 Å². The van der Waals surface area contributed by atoms with Crippen molar-refractivity contribution in [2.24, 2.45) is 5.92 Å². The maximum absolute atomic E-state index is 13.0. The fraction of sp³-hybridized carbons (Fsp3) is 0.941. The van der Waals surface area contributed by atoms with Crippen molar-refractivity contribution < 1.29 is 17.9 Å². The van der Waals surface area contributed by atoms with Gasteiger partial charge in [0.1, 0.15) is 6.04 Å². The van der Waals surface area contributed by atoms with Crippen LogP contribution < -0.4 is 0 Å². The number of ether oxygens (including phenoxy) is 1. The molecule has 3 rings (SSSR count). The van der Waals surface area contributed by atoms with Gasteiger partial charge in [0.15, 0.2) is 0 Å². The van der Waals surface area contributed by atoms with E-state index in [9.17, 15) is 13.2 Å². The van der Waals surface area contributed by atoms with Crippen molar-refractivity contribution in [1.29, 1.82) is 0 Å². The maximum atomic E-state index is 13.0. The van der Waals surface area contributed by atoms with Crippen molar-refractivity contribution in [1.82, 2.24) is 9.21 Å². The van der Waals surface area contributed by atoms with Crippen LogP contribution in [-0.2, 0) is 19.6 Å². The normalized spacial score (nSPS) is 31.1. The Morgan fingerprint density at radius 1 is 1.00 bits per heavy atom. The molecule has 138 valence electrons. The lowest BCUT2D eigenvalue weighted by atomic mass is 9.84. The van der Waals surface area contributed by atoms with Crippen molar-refractivity contribution in [3.05, 3.63) is 0 Å². The number of nitrogens with zero attached hydrogens (tertiary/aromatic N) is 2. The monoisotopic (exact) mass is 358 g/mol. The van der Waals surface area contributed by atoms with Crippen molar-refractivity contribution in [3.8, 4) is 0 Å². The lowest BCUT2D eigenvalue weighted by Gasteiger charge is -2.41. The molecule has 3 aliphatic rings. The molecule has 24 heavy (non-hydrogen) atoms. The molecule has 0 spiro atoms. The van der Waals surface area contributed by atoms with Gasteiger partial charge < -0.3 is 9.64 Å². The number of piperidine rings is 1. The average molecular weight is 359 g/mol. The first-order chi connectivity index (χ1) is 11.5. The molecule has 2 aliphatic heterocycles. The van der Waals surface area contributed by atoms with Crippen LogP contribution in [0.3, 0.4) is 0 Å². The van der Waals surface area contributed by atoms with Crippen LogP contribution >= 0.6 is 0 Å². The number of morpholine rings is 1. The molecule has 0 N–H and O–H groups in total. The number of hydrogen-bond donors (Lipinski definition) is 0. The summed E-state index contributed by atoms with van der Waals surface area (Å²) in [6, 6.07) is -0.515. The summed E-state index contributed by atoms with van der Waals surface area (Å²) in [7, 11) is -3.34. The minimum atomic E-state index is -3.34. The molecule has 2 unspecified atom stereocenters. The van der Waals surface area contributed by atoms with E-state index < -0.39 is 16.1 Å². The third kappa shape index (κ3) is 4.11. The van der Waals surface area contributed by atoms with E-state index in [4.69, 9.17) is 4.74 Å². The second kappa shape index (κ2) is 7.70. The molecule has 7 heteroatoms. The van der Waals surface area contributed by atoms with Gasteiger partial charge in [0.2, 0.25) is 15.9 Å². The summed E-state index contributed by atoms with van der Waals surface area (Å²) < 4.78 is 31.4. The van der Waals surface area contributed by atoms with E-state index in [-0.39, 0.29) is 12.0 Å². The third-order valence-electron chi connectivity index (χ3n) is 5.75. The highest BCUT2D eigenvalue weighted by Gasteiger charge is 2.39. The van der Waals surface area contributed by atoms with E-state index >= 15 is 0 Å². The first-order valence-corrected chi connectivity index (χ1v) is 11.2. The zero-order valence-electron chi connectivity index (χ0n) is 14.7. The van der Waals surface area contributed by atoms with Gasteiger partial charge in [0, 0.05) is 19.6 Å². The Morgan fingerprint density at radius 2 is 1.71 bits per heavy atom. The van der Waals surface area contributed by atoms with Gasteiger partial charge in [-0.3, -0.25) is 4.79 Å².